The van der Waals surface area contributed by atoms with Crippen LogP contribution in [0.15, 0.2) is 12.4 Å². The number of aryl methyl sites for hydroxylation is 2. The van der Waals surface area contributed by atoms with Crippen LogP contribution in [0.3, 0.4) is 0 Å². The summed E-state index contributed by atoms with van der Waals surface area (Å²) in [5, 5.41) is 16.5. The van der Waals surface area contributed by atoms with E-state index in [2.05, 4.69) is 14.8 Å². The smallest absolute Gasteiger partial charge is 0.340 e. The van der Waals surface area contributed by atoms with E-state index in [1.54, 1.807) is 31.0 Å². The molecule has 7 heteroatoms. The lowest BCUT2D eigenvalue weighted by atomic mass is 10.2. The Morgan fingerprint density at radius 2 is 2.38 bits per heavy atom. The molecule has 0 amide bonds. The minimum Gasteiger partial charge on any atom is -0.478 e. The van der Waals surface area contributed by atoms with Gasteiger partial charge in [-0.3, -0.25) is 4.68 Å². The van der Waals surface area contributed by atoms with Gasteiger partial charge in [0.2, 0.25) is 0 Å². The molecule has 2 aromatic heterocycles. The first kappa shape index (κ1) is 10.6. The zero-order valence-electron chi connectivity index (χ0n) is 8.76. The first-order valence-electron chi connectivity index (χ1n) is 4.53. The van der Waals surface area contributed by atoms with Crippen molar-refractivity contribution in [3.8, 4) is 0 Å². The molecule has 2 N–H and O–H groups in total. The molecule has 2 rings (SSSR count). The average Bonchev–Trinajstić information content (AvgIpc) is 2.74. The molecule has 0 saturated carbocycles. The van der Waals surface area contributed by atoms with Gasteiger partial charge in [0.05, 0.1) is 17.6 Å². The molecule has 2 aromatic rings. The highest BCUT2D eigenvalue weighted by atomic mass is 32.1. The van der Waals surface area contributed by atoms with Crippen molar-refractivity contribution in [1.29, 1.82) is 0 Å². The van der Waals surface area contributed by atoms with Crippen molar-refractivity contribution < 1.29 is 9.90 Å². The monoisotopic (exact) mass is 238 g/mol. The topological polar surface area (TPSA) is 80.0 Å². The Kier molecular flexibility index (Phi) is 2.61. The Morgan fingerprint density at radius 1 is 1.62 bits per heavy atom. The molecular formula is C9H10N4O2S. The van der Waals surface area contributed by atoms with Crippen LogP contribution in [-0.4, -0.2) is 25.2 Å². The molecule has 0 radical (unpaired) electrons. The van der Waals surface area contributed by atoms with Gasteiger partial charge in [-0.1, -0.05) is 0 Å². The van der Waals surface area contributed by atoms with Crippen molar-refractivity contribution in [2.24, 2.45) is 7.05 Å². The number of hydrogen-bond acceptors (Lipinski definition) is 5. The maximum atomic E-state index is 11.0. The first-order chi connectivity index (χ1) is 7.58. The van der Waals surface area contributed by atoms with Crippen LogP contribution in [0.5, 0.6) is 0 Å². The largest absolute Gasteiger partial charge is 0.478 e. The molecule has 0 bridgehead atoms. The highest BCUT2D eigenvalue weighted by Crippen LogP contribution is 2.27. The van der Waals surface area contributed by atoms with Gasteiger partial charge in [-0.05, 0) is 18.5 Å². The summed E-state index contributed by atoms with van der Waals surface area (Å²) in [7, 11) is 1.79. The molecule has 0 aliphatic rings. The zero-order chi connectivity index (χ0) is 11.7. The van der Waals surface area contributed by atoms with E-state index in [4.69, 9.17) is 5.11 Å². The van der Waals surface area contributed by atoms with Crippen LogP contribution in [0.2, 0.25) is 0 Å². The quantitative estimate of drug-likeness (QED) is 0.849. The first-order valence-corrected chi connectivity index (χ1v) is 5.30. The lowest BCUT2D eigenvalue weighted by Crippen LogP contribution is -2.01. The lowest BCUT2D eigenvalue weighted by Gasteiger charge is -2.00. The normalized spacial score (nSPS) is 10.4. The summed E-state index contributed by atoms with van der Waals surface area (Å²) in [5.41, 5.74) is 1.48. The molecule has 0 saturated heterocycles. The van der Waals surface area contributed by atoms with Crippen molar-refractivity contribution in [2.75, 3.05) is 5.32 Å². The third-order valence-electron chi connectivity index (χ3n) is 2.04. The number of aromatic carboxylic acids is 1. The van der Waals surface area contributed by atoms with Gasteiger partial charge in [0, 0.05) is 13.2 Å². The Labute approximate surface area is 95.7 Å². The van der Waals surface area contributed by atoms with Crippen LogP contribution in [0.1, 0.15) is 16.1 Å². The van der Waals surface area contributed by atoms with E-state index in [0.717, 1.165) is 17.2 Å². The van der Waals surface area contributed by atoms with E-state index in [0.29, 0.717) is 10.7 Å². The lowest BCUT2D eigenvalue weighted by molar-refractivity contribution is 0.0697. The van der Waals surface area contributed by atoms with Crippen molar-refractivity contribution in [1.82, 2.24) is 14.2 Å². The van der Waals surface area contributed by atoms with Crippen molar-refractivity contribution in [2.45, 2.75) is 6.92 Å². The molecule has 0 atom stereocenters. The predicted octanol–water partition coefficient (Wildman–Crippen LogP) is 1.63. The van der Waals surface area contributed by atoms with Gasteiger partial charge in [0.25, 0.3) is 0 Å². The van der Waals surface area contributed by atoms with Crippen LogP contribution >= 0.6 is 11.5 Å². The van der Waals surface area contributed by atoms with Crippen molar-refractivity contribution in [3.05, 3.63) is 23.7 Å². The van der Waals surface area contributed by atoms with Gasteiger partial charge in [0.1, 0.15) is 10.6 Å². The fourth-order valence-electron chi connectivity index (χ4n) is 1.32. The number of carboxylic acids is 1. The highest BCUT2D eigenvalue weighted by Gasteiger charge is 2.17. The predicted molar refractivity (Wildman–Crippen MR) is 60.3 cm³/mol. The van der Waals surface area contributed by atoms with Crippen LogP contribution in [-0.2, 0) is 7.05 Å². The average molecular weight is 238 g/mol. The number of rotatable bonds is 3. The number of nitrogens with zero attached hydrogens (tertiary/aromatic N) is 3. The number of aromatic nitrogens is 3. The highest BCUT2D eigenvalue weighted by molar-refractivity contribution is 7.10. The third-order valence-corrected chi connectivity index (χ3v) is 2.89. The third kappa shape index (κ3) is 1.89. The van der Waals surface area contributed by atoms with Gasteiger partial charge in [-0.2, -0.15) is 9.47 Å². The molecular weight excluding hydrogens is 228 g/mol. The number of carbonyl (C=O) groups is 1. The van der Waals surface area contributed by atoms with Gasteiger partial charge in [0.15, 0.2) is 0 Å². The maximum Gasteiger partial charge on any atom is 0.340 e. The second-order valence-electron chi connectivity index (χ2n) is 3.30. The van der Waals surface area contributed by atoms with E-state index < -0.39 is 5.97 Å². The molecule has 2 heterocycles. The second-order valence-corrected chi connectivity index (χ2v) is 4.08. The molecule has 0 aromatic carbocycles. The van der Waals surface area contributed by atoms with E-state index in [9.17, 15) is 4.79 Å². The summed E-state index contributed by atoms with van der Waals surface area (Å²) in [6.07, 6.45) is 3.39. The summed E-state index contributed by atoms with van der Waals surface area (Å²) in [6, 6.07) is 0. The van der Waals surface area contributed by atoms with Crippen molar-refractivity contribution in [3.63, 3.8) is 0 Å². The minimum atomic E-state index is -0.974. The summed E-state index contributed by atoms with van der Waals surface area (Å²) < 4.78 is 5.65. The van der Waals surface area contributed by atoms with E-state index in [-0.39, 0.29) is 5.56 Å². The molecule has 0 fully saturated rings. The Bertz CT molecular complexity index is 531. The van der Waals surface area contributed by atoms with Crippen molar-refractivity contribution >= 4 is 28.2 Å². The minimum absolute atomic E-state index is 0.217. The Morgan fingerprint density at radius 3 is 2.94 bits per heavy atom. The summed E-state index contributed by atoms with van der Waals surface area (Å²) in [5.74, 6) is -0.974. The van der Waals surface area contributed by atoms with E-state index in [1.807, 2.05) is 0 Å². The molecule has 0 unspecified atom stereocenters. The van der Waals surface area contributed by atoms with Crippen LogP contribution in [0.4, 0.5) is 10.7 Å². The molecule has 0 aliphatic heterocycles. The van der Waals surface area contributed by atoms with Crippen LogP contribution < -0.4 is 5.32 Å². The van der Waals surface area contributed by atoms with Gasteiger partial charge in [-0.15, -0.1) is 0 Å². The summed E-state index contributed by atoms with van der Waals surface area (Å²) in [6.45, 7) is 1.67. The SMILES string of the molecule is Cc1nsc(Nc2cnn(C)c2)c1C(=O)O. The van der Waals surface area contributed by atoms with Crippen LogP contribution in [0.25, 0.3) is 0 Å². The summed E-state index contributed by atoms with van der Waals surface area (Å²) in [4.78, 5) is 11.0. The zero-order valence-corrected chi connectivity index (χ0v) is 9.58. The number of carboxylic acid groups (broad SMARTS) is 1. The summed E-state index contributed by atoms with van der Waals surface area (Å²) >= 11 is 1.13. The van der Waals surface area contributed by atoms with Gasteiger partial charge >= 0.3 is 5.97 Å². The fraction of sp³-hybridized carbons (Fsp3) is 0.222. The molecule has 6 nitrogen and oxygen atoms in total. The maximum absolute atomic E-state index is 11.0. The fourth-order valence-corrected chi connectivity index (χ4v) is 2.13. The molecule has 84 valence electrons. The van der Waals surface area contributed by atoms with Crippen LogP contribution in [0, 0.1) is 6.92 Å². The Hall–Kier alpha value is -1.89. The standard InChI is InChI=1S/C9H10N4O2S/c1-5-7(9(14)15)8(16-12-5)11-6-3-10-13(2)4-6/h3-4,11H,1-2H3,(H,14,15). The second kappa shape index (κ2) is 3.93. The number of anilines is 2. The number of nitrogens with one attached hydrogen (secondary N) is 1. The van der Waals surface area contributed by atoms with E-state index >= 15 is 0 Å². The van der Waals surface area contributed by atoms with Gasteiger partial charge < -0.3 is 10.4 Å². The molecule has 16 heavy (non-hydrogen) atoms. The Balaban J connectivity index is 2.31. The molecule has 0 aliphatic carbocycles. The van der Waals surface area contributed by atoms with Gasteiger partial charge in [-0.25, -0.2) is 4.79 Å². The number of hydrogen-bond donors (Lipinski definition) is 2. The molecule has 0 spiro atoms. The van der Waals surface area contributed by atoms with E-state index in [1.165, 1.54) is 0 Å².